The summed E-state index contributed by atoms with van der Waals surface area (Å²) in [6, 6.07) is 4.88. The third-order valence-corrected chi connectivity index (χ3v) is 6.33. The highest BCUT2D eigenvalue weighted by Crippen LogP contribution is 2.53. The number of rotatable bonds is 0. The highest BCUT2D eigenvalue weighted by atomic mass is 16.7. The minimum Gasteiger partial charge on any atom is -0.454 e. The molecule has 0 bridgehead atoms. The van der Waals surface area contributed by atoms with Gasteiger partial charge in [-0.15, -0.1) is 0 Å². The molecule has 1 aromatic carbocycles. The van der Waals surface area contributed by atoms with Crippen molar-refractivity contribution in [3.05, 3.63) is 17.7 Å². The number of amides is 1. The number of carbonyl (C=O) groups is 1. The molecule has 1 N–H and O–H groups in total. The average Bonchev–Trinajstić information content (AvgIpc) is 3.15. The second-order valence-corrected chi connectivity index (χ2v) is 7.27. The van der Waals surface area contributed by atoms with Gasteiger partial charge in [0.15, 0.2) is 11.5 Å². The second-order valence-electron chi connectivity index (χ2n) is 7.27. The van der Waals surface area contributed by atoms with Gasteiger partial charge in [0.05, 0.1) is 17.6 Å². The van der Waals surface area contributed by atoms with E-state index < -0.39 is 0 Å². The van der Waals surface area contributed by atoms with Crippen LogP contribution in [-0.2, 0) is 4.79 Å². The summed E-state index contributed by atoms with van der Waals surface area (Å²) in [7, 11) is 0. The molecule has 120 valence electrons. The highest BCUT2D eigenvalue weighted by Gasteiger charge is 2.56. The number of ether oxygens (including phenoxy) is 2. The highest BCUT2D eigenvalue weighted by molar-refractivity contribution is 5.85. The molecule has 4 unspecified atom stereocenters. The van der Waals surface area contributed by atoms with Crippen LogP contribution in [0.4, 0.5) is 5.69 Å². The van der Waals surface area contributed by atoms with E-state index in [1.165, 1.54) is 5.56 Å². The summed E-state index contributed by atoms with van der Waals surface area (Å²) in [5.74, 6) is 2.43. The summed E-state index contributed by atoms with van der Waals surface area (Å²) in [5.41, 5.74) is 5.59. The van der Waals surface area contributed by atoms with Gasteiger partial charge < -0.3 is 9.47 Å². The smallest absolute Gasteiger partial charge is 0.243 e. The first-order valence-electron chi connectivity index (χ1n) is 8.58. The van der Waals surface area contributed by atoms with E-state index in [1.54, 1.807) is 0 Å². The monoisotopic (exact) mass is 313 g/mol. The van der Waals surface area contributed by atoms with E-state index in [4.69, 9.17) is 9.47 Å². The number of fused-ring (bicyclic) bond motifs is 4. The van der Waals surface area contributed by atoms with Crippen molar-refractivity contribution >= 4 is 11.6 Å². The first kappa shape index (κ1) is 12.5. The van der Waals surface area contributed by atoms with Gasteiger partial charge in [0.2, 0.25) is 12.7 Å². The standard InChI is InChI=1S/C17H19N3O3/c21-17-10-2-1-4-19-5-3-9-11-6-13-14(23-8-22-13)7-12(11)20(18-17)16(9)15(10)19/h6-7,9-10,15-16H,1-5,8H2,(H,18,21). The van der Waals surface area contributed by atoms with E-state index in [0.29, 0.717) is 18.0 Å². The Labute approximate surface area is 134 Å². The zero-order valence-corrected chi connectivity index (χ0v) is 12.8. The number of carbonyl (C=O) groups excluding carboxylic acids is 1. The van der Waals surface area contributed by atoms with Gasteiger partial charge >= 0.3 is 0 Å². The quantitative estimate of drug-likeness (QED) is 0.780. The van der Waals surface area contributed by atoms with E-state index in [1.807, 2.05) is 6.07 Å². The topological polar surface area (TPSA) is 54.0 Å². The van der Waals surface area contributed by atoms with Crippen LogP contribution in [0.25, 0.3) is 0 Å². The molecule has 3 fully saturated rings. The predicted octanol–water partition coefficient (Wildman–Crippen LogP) is 1.22. The van der Waals surface area contributed by atoms with Crippen LogP contribution in [0.1, 0.15) is 30.7 Å². The Bertz CT molecular complexity index is 721. The zero-order valence-electron chi connectivity index (χ0n) is 12.8. The Hall–Kier alpha value is -1.95. The fourth-order valence-electron chi connectivity index (χ4n) is 5.43. The molecule has 0 aromatic heterocycles. The molecule has 3 saturated heterocycles. The number of anilines is 1. The third-order valence-electron chi connectivity index (χ3n) is 6.33. The van der Waals surface area contributed by atoms with E-state index in [-0.39, 0.29) is 18.6 Å². The first-order valence-corrected chi connectivity index (χ1v) is 8.58. The average molecular weight is 313 g/mol. The Morgan fingerprint density at radius 2 is 1.91 bits per heavy atom. The maximum Gasteiger partial charge on any atom is 0.243 e. The molecule has 4 atom stereocenters. The minimum atomic E-state index is 0.140. The van der Waals surface area contributed by atoms with Crippen molar-refractivity contribution in [3.63, 3.8) is 0 Å². The molecule has 6 rings (SSSR count). The third kappa shape index (κ3) is 1.45. The summed E-state index contributed by atoms with van der Waals surface area (Å²) in [6.45, 7) is 2.51. The van der Waals surface area contributed by atoms with Gasteiger partial charge in [-0.3, -0.25) is 20.1 Å². The van der Waals surface area contributed by atoms with E-state index in [2.05, 4.69) is 21.4 Å². The normalized spacial score (nSPS) is 36.5. The van der Waals surface area contributed by atoms with E-state index in [0.717, 1.165) is 49.5 Å². The van der Waals surface area contributed by atoms with Crippen molar-refractivity contribution in [3.8, 4) is 11.5 Å². The molecule has 5 heterocycles. The Balaban J connectivity index is 1.51. The van der Waals surface area contributed by atoms with Crippen molar-refractivity contribution < 1.29 is 14.3 Å². The lowest BCUT2D eigenvalue weighted by Gasteiger charge is -2.54. The van der Waals surface area contributed by atoms with Crippen LogP contribution in [0.5, 0.6) is 11.5 Å². The Morgan fingerprint density at radius 1 is 1.04 bits per heavy atom. The SMILES string of the molecule is O=C1NN2c3cc4c(cc3C3CCN5CCCC1C5C32)OCO4. The van der Waals surface area contributed by atoms with Crippen LogP contribution >= 0.6 is 0 Å². The van der Waals surface area contributed by atoms with Gasteiger partial charge in [0, 0.05) is 18.0 Å². The summed E-state index contributed by atoms with van der Waals surface area (Å²) in [6.07, 6.45) is 3.30. The first-order chi connectivity index (χ1) is 11.3. The van der Waals surface area contributed by atoms with Crippen LogP contribution in [0.15, 0.2) is 12.1 Å². The molecule has 6 heteroatoms. The van der Waals surface area contributed by atoms with Crippen molar-refractivity contribution in [1.82, 2.24) is 10.3 Å². The molecule has 6 nitrogen and oxygen atoms in total. The van der Waals surface area contributed by atoms with Crippen molar-refractivity contribution in [2.75, 3.05) is 24.9 Å². The fraction of sp³-hybridized carbons (Fsp3) is 0.588. The lowest BCUT2D eigenvalue weighted by Crippen LogP contribution is -2.71. The molecule has 0 aliphatic carbocycles. The molecule has 5 aliphatic heterocycles. The molecular weight excluding hydrogens is 294 g/mol. The molecular formula is C17H19N3O3. The van der Waals surface area contributed by atoms with Crippen LogP contribution in [0.2, 0.25) is 0 Å². The molecule has 0 saturated carbocycles. The maximum atomic E-state index is 12.7. The number of benzene rings is 1. The minimum absolute atomic E-state index is 0.140. The van der Waals surface area contributed by atoms with Crippen LogP contribution in [-0.4, -0.2) is 42.8 Å². The van der Waals surface area contributed by atoms with Gasteiger partial charge in [0.1, 0.15) is 0 Å². The second kappa shape index (κ2) is 4.12. The van der Waals surface area contributed by atoms with Crippen LogP contribution < -0.4 is 19.9 Å². The number of hydrogen-bond acceptors (Lipinski definition) is 5. The van der Waals surface area contributed by atoms with Gasteiger partial charge in [0.25, 0.3) is 0 Å². The Kier molecular flexibility index (Phi) is 2.23. The summed E-state index contributed by atoms with van der Waals surface area (Å²) in [4.78, 5) is 15.2. The van der Waals surface area contributed by atoms with Gasteiger partial charge in [-0.05, 0) is 44.0 Å². The number of piperidine rings is 2. The number of nitrogens with zero attached hydrogens (tertiary/aromatic N) is 2. The lowest BCUT2D eigenvalue weighted by molar-refractivity contribution is -0.134. The van der Waals surface area contributed by atoms with Crippen LogP contribution in [0.3, 0.4) is 0 Å². The lowest BCUT2D eigenvalue weighted by atomic mass is 9.74. The molecule has 1 amide bonds. The maximum absolute atomic E-state index is 12.7. The Morgan fingerprint density at radius 3 is 2.83 bits per heavy atom. The summed E-state index contributed by atoms with van der Waals surface area (Å²) >= 11 is 0. The molecule has 0 radical (unpaired) electrons. The van der Waals surface area contributed by atoms with Crippen LogP contribution in [0, 0.1) is 5.92 Å². The number of hydrogen-bond donors (Lipinski definition) is 1. The fourth-order valence-corrected chi connectivity index (χ4v) is 5.43. The van der Waals surface area contributed by atoms with Gasteiger partial charge in [-0.25, -0.2) is 0 Å². The molecule has 1 aromatic rings. The van der Waals surface area contributed by atoms with E-state index in [9.17, 15) is 4.79 Å². The molecule has 0 spiro atoms. The molecule has 23 heavy (non-hydrogen) atoms. The summed E-state index contributed by atoms with van der Waals surface area (Å²) in [5, 5.41) is 2.13. The number of nitrogens with one attached hydrogen (secondary N) is 1. The largest absolute Gasteiger partial charge is 0.454 e. The van der Waals surface area contributed by atoms with Crippen molar-refractivity contribution in [2.24, 2.45) is 5.92 Å². The summed E-state index contributed by atoms with van der Waals surface area (Å²) < 4.78 is 11.1. The van der Waals surface area contributed by atoms with Crippen molar-refractivity contribution in [2.45, 2.75) is 37.3 Å². The zero-order chi connectivity index (χ0) is 15.1. The molecule has 5 aliphatic rings. The number of hydrazine groups is 1. The predicted molar refractivity (Wildman–Crippen MR) is 82.4 cm³/mol. The van der Waals surface area contributed by atoms with Crippen molar-refractivity contribution in [1.29, 1.82) is 0 Å². The van der Waals surface area contributed by atoms with E-state index >= 15 is 0 Å². The van der Waals surface area contributed by atoms with Gasteiger partial charge in [-0.2, -0.15) is 0 Å². The van der Waals surface area contributed by atoms with Gasteiger partial charge in [-0.1, -0.05) is 0 Å².